The highest BCUT2D eigenvalue weighted by Crippen LogP contribution is 2.33. The molecule has 6 N–H and O–H groups in total. The van der Waals surface area contributed by atoms with E-state index in [0.717, 1.165) is 70.0 Å². The smallest absolute Gasteiger partial charge is 0.217 e. The van der Waals surface area contributed by atoms with E-state index in [4.69, 9.17) is 25.0 Å². The molecule has 2 aromatic rings. The molecule has 3 amide bonds. The first kappa shape index (κ1) is 38.2. The van der Waals surface area contributed by atoms with Gasteiger partial charge in [0.1, 0.15) is 0 Å². The van der Waals surface area contributed by atoms with Crippen molar-refractivity contribution in [1.82, 2.24) is 9.88 Å². The van der Waals surface area contributed by atoms with Gasteiger partial charge < -0.3 is 21.9 Å². The van der Waals surface area contributed by atoms with Gasteiger partial charge in [-0.1, -0.05) is 45.9 Å². The fourth-order valence-electron chi connectivity index (χ4n) is 4.79. The third kappa shape index (κ3) is 16.9. The predicted molar refractivity (Wildman–Crippen MR) is 171 cm³/mol. The molecule has 1 aliphatic rings. The number of carbonyl (C=O) groups excluding carboxylic acids is 3. The second kappa shape index (κ2) is 23.8. The van der Waals surface area contributed by atoms with E-state index in [1.54, 1.807) is 0 Å². The molecule has 1 saturated heterocycles. The molecule has 0 radical (unpaired) electrons. The van der Waals surface area contributed by atoms with E-state index < -0.39 is 0 Å². The Bertz CT molecular complexity index is 998. The molecular formula is C31H53N5O4S. The molecule has 0 bridgehead atoms. The van der Waals surface area contributed by atoms with Crippen LogP contribution in [0.3, 0.4) is 0 Å². The number of fused-ring (bicyclic) bond motifs is 1. The van der Waals surface area contributed by atoms with E-state index in [-0.39, 0.29) is 18.7 Å². The molecule has 0 spiro atoms. The molecule has 9 nitrogen and oxygen atoms in total. The van der Waals surface area contributed by atoms with E-state index >= 15 is 0 Å². The number of amides is 3. The molecule has 2 heterocycles. The Morgan fingerprint density at radius 2 is 1.76 bits per heavy atom. The average molecular weight is 592 g/mol. The van der Waals surface area contributed by atoms with Crippen LogP contribution in [0.5, 0.6) is 0 Å². The van der Waals surface area contributed by atoms with E-state index in [9.17, 15) is 4.79 Å². The quantitative estimate of drug-likeness (QED) is 0.228. The van der Waals surface area contributed by atoms with E-state index in [1.165, 1.54) is 40.1 Å². The standard InChI is InChI=1S/C25H38N2OS.C4H9NO.2CH3NO/c1-5-20-8-10-23-24(17-20)29-25(26-23)11-9-22(21-12-14-28-15-13-21)16-19(4)18-27(6-2)7-3;1-2-3-4(5)6;2*2-1-3/h8,10,17,21-22H,4-7,9,11-16,18H2,1-3H3;2-3H2,1H3,(H2,5,6);2*1H,(H2,2,3). The van der Waals surface area contributed by atoms with Crippen molar-refractivity contribution in [3.05, 3.63) is 40.9 Å². The summed E-state index contributed by atoms with van der Waals surface area (Å²) in [4.78, 5) is 34.4. The molecule has 1 aromatic carbocycles. The monoisotopic (exact) mass is 591 g/mol. The maximum absolute atomic E-state index is 9.82. The Labute approximate surface area is 250 Å². The summed E-state index contributed by atoms with van der Waals surface area (Å²) in [6.07, 6.45) is 8.79. The molecule has 1 atom stereocenters. The molecule has 10 heteroatoms. The first-order chi connectivity index (χ1) is 19.7. The Kier molecular flexibility index (Phi) is 22.2. The number of aryl methyl sites for hydroxylation is 2. The van der Waals surface area contributed by atoms with Crippen LogP contribution >= 0.6 is 11.3 Å². The highest BCUT2D eigenvalue weighted by Gasteiger charge is 2.25. The zero-order valence-corrected chi connectivity index (χ0v) is 26.4. The van der Waals surface area contributed by atoms with E-state index in [2.05, 4.69) is 61.9 Å². The summed E-state index contributed by atoms with van der Waals surface area (Å²) in [5, 5.41) is 1.29. The van der Waals surface area contributed by atoms with Crippen molar-refractivity contribution in [1.29, 1.82) is 0 Å². The van der Waals surface area contributed by atoms with Crippen LogP contribution in [0.25, 0.3) is 10.2 Å². The van der Waals surface area contributed by atoms with Gasteiger partial charge in [0.2, 0.25) is 18.7 Å². The first-order valence-corrected chi connectivity index (χ1v) is 15.5. The normalized spacial score (nSPS) is 13.5. The summed E-state index contributed by atoms with van der Waals surface area (Å²) in [6, 6.07) is 6.72. The van der Waals surface area contributed by atoms with Crippen LogP contribution in [-0.2, 0) is 32.0 Å². The molecule has 1 fully saturated rings. The van der Waals surface area contributed by atoms with Gasteiger partial charge in [-0.3, -0.25) is 19.3 Å². The van der Waals surface area contributed by atoms with Crippen LogP contribution in [0.15, 0.2) is 30.4 Å². The summed E-state index contributed by atoms with van der Waals surface area (Å²) >= 11 is 1.89. The van der Waals surface area contributed by atoms with Crippen molar-refractivity contribution >= 4 is 40.3 Å². The first-order valence-electron chi connectivity index (χ1n) is 14.7. The third-order valence-corrected chi connectivity index (χ3v) is 8.03. The summed E-state index contributed by atoms with van der Waals surface area (Å²) in [7, 11) is 0. The van der Waals surface area contributed by atoms with E-state index in [1.807, 2.05) is 18.3 Å². The van der Waals surface area contributed by atoms with Gasteiger partial charge in [0.05, 0.1) is 15.2 Å². The molecule has 41 heavy (non-hydrogen) atoms. The number of hydrogen-bond donors (Lipinski definition) is 3. The van der Waals surface area contributed by atoms with Gasteiger partial charge in [0, 0.05) is 26.2 Å². The summed E-state index contributed by atoms with van der Waals surface area (Å²) in [5.74, 6) is 1.25. The fourth-order valence-corrected chi connectivity index (χ4v) is 5.84. The van der Waals surface area contributed by atoms with Gasteiger partial charge in [-0.25, -0.2) is 4.98 Å². The van der Waals surface area contributed by atoms with Crippen LogP contribution in [0.4, 0.5) is 0 Å². The number of rotatable bonds is 13. The molecule has 232 valence electrons. The zero-order chi connectivity index (χ0) is 31.0. The lowest BCUT2D eigenvalue weighted by molar-refractivity contribution is -0.118. The number of aromatic nitrogens is 1. The highest BCUT2D eigenvalue weighted by molar-refractivity contribution is 7.18. The van der Waals surface area contributed by atoms with Gasteiger partial charge in [0.25, 0.3) is 0 Å². The number of primary amides is 3. The lowest BCUT2D eigenvalue weighted by atomic mass is 9.79. The van der Waals surface area contributed by atoms with Crippen molar-refractivity contribution in [2.45, 2.75) is 79.1 Å². The minimum Gasteiger partial charge on any atom is -0.381 e. The number of nitrogens with two attached hydrogens (primary N) is 3. The molecule has 1 aliphatic heterocycles. The molecule has 1 aromatic heterocycles. The van der Waals surface area contributed by atoms with Crippen molar-refractivity contribution in [2.24, 2.45) is 29.0 Å². The minimum absolute atomic E-state index is 0.211. The lowest BCUT2D eigenvalue weighted by Crippen LogP contribution is -2.28. The van der Waals surface area contributed by atoms with Crippen LogP contribution in [0.2, 0.25) is 0 Å². The highest BCUT2D eigenvalue weighted by atomic mass is 32.1. The topological polar surface area (TPSA) is 155 Å². The maximum atomic E-state index is 9.82. The van der Waals surface area contributed by atoms with Crippen molar-refractivity contribution in [3.63, 3.8) is 0 Å². The average Bonchev–Trinajstić information content (AvgIpc) is 3.37. The second-order valence-corrected chi connectivity index (χ2v) is 11.0. The summed E-state index contributed by atoms with van der Waals surface area (Å²) < 4.78 is 6.98. The molecule has 0 aliphatic carbocycles. The molecule has 3 rings (SSSR count). The van der Waals surface area contributed by atoms with Crippen LogP contribution in [0, 0.1) is 11.8 Å². The molecular weight excluding hydrogens is 538 g/mol. The Hall–Kier alpha value is -2.82. The van der Waals surface area contributed by atoms with Crippen LogP contribution in [-0.4, -0.2) is 61.5 Å². The van der Waals surface area contributed by atoms with Gasteiger partial charge in [-0.15, -0.1) is 11.3 Å². The number of nitrogens with zero attached hydrogens (tertiary/aromatic N) is 2. The predicted octanol–water partition coefficient (Wildman–Crippen LogP) is 4.60. The number of ether oxygens (including phenoxy) is 1. The maximum Gasteiger partial charge on any atom is 0.217 e. The lowest BCUT2D eigenvalue weighted by Gasteiger charge is -2.31. The largest absolute Gasteiger partial charge is 0.381 e. The number of likely N-dealkylation sites (N-methyl/N-ethyl adjacent to an activating group) is 1. The Morgan fingerprint density at radius 3 is 2.24 bits per heavy atom. The van der Waals surface area contributed by atoms with Crippen molar-refractivity contribution < 1.29 is 19.1 Å². The number of carbonyl (C=O) groups is 3. The second-order valence-electron chi connectivity index (χ2n) is 9.92. The van der Waals surface area contributed by atoms with Crippen LogP contribution in [0.1, 0.15) is 76.8 Å². The van der Waals surface area contributed by atoms with Crippen molar-refractivity contribution in [3.8, 4) is 0 Å². The van der Waals surface area contributed by atoms with Gasteiger partial charge in [-0.05, 0) is 87.6 Å². The minimum atomic E-state index is -0.211. The van der Waals surface area contributed by atoms with Crippen LogP contribution < -0.4 is 17.2 Å². The Balaban J connectivity index is 0.00000113. The zero-order valence-electron chi connectivity index (χ0n) is 25.6. The number of hydrogen-bond acceptors (Lipinski definition) is 7. The van der Waals surface area contributed by atoms with Gasteiger partial charge in [-0.2, -0.15) is 0 Å². The molecule has 0 saturated carbocycles. The molecule has 1 unspecified atom stereocenters. The number of benzene rings is 1. The van der Waals surface area contributed by atoms with Gasteiger partial charge in [0.15, 0.2) is 0 Å². The number of thiazole rings is 1. The SMILES string of the molecule is C=C(CC(CCc1nc2ccc(CC)cc2s1)C1CCOCC1)CN(CC)CC.CCCC(N)=O.NC=O.NC=O. The van der Waals surface area contributed by atoms with Gasteiger partial charge >= 0.3 is 0 Å². The Morgan fingerprint density at radius 1 is 1.15 bits per heavy atom. The third-order valence-electron chi connectivity index (χ3n) is 6.96. The fraction of sp³-hybridized carbons (Fsp3) is 0.613. The van der Waals surface area contributed by atoms with Crippen molar-refractivity contribution in [2.75, 3.05) is 32.8 Å². The summed E-state index contributed by atoms with van der Waals surface area (Å²) in [5.41, 5.74) is 17.1. The summed E-state index contributed by atoms with van der Waals surface area (Å²) in [6.45, 7) is 18.1. The van der Waals surface area contributed by atoms with E-state index in [0.29, 0.717) is 12.3 Å².